The summed E-state index contributed by atoms with van der Waals surface area (Å²) in [5, 5.41) is 13.3. The van der Waals surface area contributed by atoms with Gasteiger partial charge in [0.05, 0.1) is 30.7 Å². The summed E-state index contributed by atoms with van der Waals surface area (Å²) < 4.78 is 8.03. The van der Waals surface area contributed by atoms with Crippen molar-refractivity contribution >= 4 is 11.6 Å². The zero-order valence-corrected chi connectivity index (χ0v) is 17.9. The molecule has 2 N–H and O–H groups in total. The number of anilines is 1. The molecular weight excluding hydrogens is 404 g/mol. The average molecular weight is 433 g/mol. The fourth-order valence-corrected chi connectivity index (χ4v) is 4.55. The number of hydrogen-bond donors (Lipinski definition) is 2. The van der Waals surface area contributed by atoms with Gasteiger partial charge in [-0.15, -0.1) is 0 Å². The fourth-order valence-electron chi connectivity index (χ4n) is 4.55. The Morgan fingerprint density at radius 3 is 2.72 bits per heavy atom. The second-order valence-electron chi connectivity index (χ2n) is 8.56. The van der Waals surface area contributed by atoms with E-state index in [-0.39, 0.29) is 11.9 Å². The van der Waals surface area contributed by atoms with E-state index in [0.29, 0.717) is 18.8 Å². The van der Waals surface area contributed by atoms with Crippen LogP contribution in [0.1, 0.15) is 31.2 Å². The number of aromatic nitrogens is 2. The van der Waals surface area contributed by atoms with Crippen molar-refractivity contribution < 1.29 is 14.6 Å². The van der Waals surface area contributed by atoms with Crippen molar-refractivity contribution in [1.82, 2.24) is 14.9 Å². The fraction of sp³-hybridized carbons (Fsp3) is 0.360. The molecule has 1 fully saturated rings. The molecule has 3 atom stereocenters. The first-order valence-electron chi connectivity index (χ1n) is 11.2. The van der Waals surface area contributed by atoms with Gasteiger partial charge in [-0.3, -0.25) is 4.79 Å². The van der Waals surface area contributed by atoms with Gasteiger partial charge in [-0.05, 0) is 42.7 Å². The topological polar surface area (TPSA) is 79.6 Å². The van der Waals surface area contributed by atoms with Gasteiger partial charge in [-0.25, -0.2) is 4.98 Å². The van der Waals surface area contributed by atoms with Crippen molar-refractivity contribution in [3.05, 3.63) is 72.8 Å². The highest BCUT2D eigenvalue weighted by atomic mass is 16.5. The maximum Gasteiger partial charge on any atom is 0.263 e. The summed E-state index contributed by atoms with van der Waals surface area (Å²) >= 11 is 0. The molecule has 1 saturated carbocycles. The molecule has 0 saturated heterocycles. The van der Waals surface area contributed by atoms with Crippen LogP contribution in [0.3, 0.4) is 0 Å². The largest absolute Gasteiger partial charge is 0.477 e. The van der Waals surface area contributed by atoms with Gasteiger partial charge in [-0.1, -0.05) is 37.1 Å². The first-order chi connectivity index (χ1) is 15.7. The number of fused-ring (bicyclic) bond motifs is 1. The molecule has 2 aromatic carbocycles. The standard InChI is InChI=1S/C25H28N4O3/c30-22-7-3-1-5-20(22)27-25(31)24-16-29(21-6-2-4-8-23(21)32-24)15-18-9-11-19(12-10-18)28-14-13-26-17-28/h2,4,6,8-14,17,20,22,24,30H,1,3,5,7,15-16H2,(H,27,31)/t20-,22-,24?/m0/s1. The Morgan fingerprint density at radius 1 is 1.12 bits per heavy atom. The van der Waals surface area contributed by atoms with Crippen molar-refractivity contribution in [2.24, 2.45) is 0 Å². The molecule has 7 heteroatoms. The van der Waals surface area contributed by atoms with Crippen molar-refractivity contribution in [3.8, 4) is 11.4 Å². The third-order valence-corrected chi connectivity index (χ3v) is 6.32. The maximum absolute atomic E-state index is 13.0. The number of ether oxygens (including phenoxy) is 1. The minimum atomic E-state index is -0.621. The summed E-state index contributed by atoms with van der Waals surface area (Å²) in [7, 11) is 0. The van der Waals surface area contributed by atoms with E-state index in [2.05, 4.69) is 39.5 Å². The molecule has 1 aromatic heterocycles. The molecule has 0 bridgehead atoms. The molecule has 2 aliphatic rings. The molecule has 166 valence electrons. The Kier molecular flexibility index (Phi) is 5.81. The molecule has 2 heterocycles. The molecule has 5 rings (SSSR count). The Morgan fingerprint density at radius 2 is 1.94 bits per heavy atom. The molecule has 1 unspecified atom stereocenters. The second kappa shape index (κ2) is 9.04. The molecule has 32 heavy (non-hydrogen) atoms. The zero-order chi connectivity index (χ0) is 21.9. The molecule has 3 aromatic rings. The Bertz CT molecular complexity index is 1050. The summed E-state index contributed by atoms with van der Waals surface area (Å²) in [5.74, 6) is 0.545. The zero-order valence-electron chi connectivity index (χ0n) is 17.9. The predicted octanol–water partition coefficient (Wildman–Crippen LogP) is 3.06. The number of nitrogens with zero attached hydrogens (tertiary/aromatic N) is 3. The summed E-state index contributed by atoms with van der Waals surface area (Å²) in [6.07, 6.45) is 7.93. The highest BCUT2D eigenvalue weighted by molar-refractivity contribution is 5.83. The van der Waals surface area contributed by atoms with Crippen LogP contribution in [-0.4, -0.2) is 45.4 Å². The number of aliphatic hydroxyl groups is 1. The third-order valence-electron chi connectivity index (χ3n) is 6.32. The van der Waals surface area contributed by atoms with Gasteiger partial charge in [0.15, 0.2) is 6.10 Å². The van der Waals surface area contributed by atoms with E-state index in [9.17, 15) is 9.90 Å². The van der Waals surface area contributed by atoms with Crippen LogP contribution < -0.4 is 15.0 Å². The number of carbonyl (C=O) groups is 1. The predicted molar refractivity (Wildman–Crippen MR) is 122 cm³/mol. The van der Waals surface area contributed by atoms with E-state index in [1.807, 2.05) is 35.0 Å². The number of carbonyl (C=O) groups excluding carboxylic acids is 1. The van der Waals surface area contributed by atoms with Crippen LogP contribution in [0.5, 0.6) is 5.75 Å². The van der Waals surface area contributed by atoms with Crippen LogP contribution in [0.4, 0.5) is 5.69 Å². The van der Waals surface area contributed by atoms with Crippen molar-refractivity contribution in [2.45, 2.75) is 50.5 Å². The summed E-state index contributed by atoms with van der Waals surface area (Å²) in [6, 6.07) is 16.0. The molecule has 0 spiro atoms. The first kappa shape index (κ1) is 20.6. The third kappa shape index (κ3) is 4.34. The van der Waals surface area contributed by atoms with Gasteiger partial charge in [0.1, 0.15) is 5.75 Å². The number of nitrogens with one attached hydrogen (secondary N) is 1. The number of aliphatic hydroxyl groups excluding tert-OH is 1. The SMILES string of the molecule is O=C(N[C@H]1CCCC[C@@H]1O)C1CN(Cc2ccc(-n3ccnc3)cc2)c2ccccc2O1. The molecule has 0 radical (unpaired) electrons. The van der Waals surface area contributed by atoms with Crippen molar-refractivity contribution in [1.29, 1.82) is 0 Å². The molecule has 1 amide bonds. The lowest BCUT2D eigenvalue weighted by molar-refractivity contribution is -0.129. The van der Waals surface area contributed by atoms with Crippen LogP contribution in [0, 0.1) is 0 Å². The van der Waals surface area contributed by atoms with Gasteiger partial charge < -0.3 is 24.6 Å². The maximum atomic E-state index is 13.0. The van der Waals surface area contributed by atoms with Crippen LogP contribution >= 0.6 is 0 Å². The van der Waals surface area contributed by atoms with Crippen molar-refractivity contribution in [2.75, 3.05) is 11.4 Å². The number of rotatable bonds is 5. The number of para-hydroxylation sites is 2. The highest BCUT2D eigenvalue weighted by Gasteiger charge is 2.33. The van der Waals surface area contributed by atoms with Gasteiger partial charge in [0, 0.05) is 24.6 Å². The summed E-state index contributed by atoms with van der Waals surface area (Å²) in [5.41, 5.74) is 3.18. The number of amides is 1. The minimum Gasteiger partial charge on any atom is -0.477 e. The van der Waals surface area contributed by atoms with E-state index >= 15 is 0 Å². The van der Waals surface area contributed by atoms with E-state index < -0.39 is 12.2 Å². The molecule has 1 aliphatic carbocycles. The van der Waals surface area contributed by atoms with Crippen LogP contribution in [0.15, 0.2) is 67.3 Å². The van der Waals surface area contributed by atoms with E-state index in [0.717, 1.165) is 42.6 Å². The van der Waals surface area contributed by atoms with E-state index in [4.69, 9.17) is 4.74 Å². The average Bonchev–Trinajstić information content (AvgIpc) is 3.36. The first-order valence-corrected chi connectivity index (χ1v) is 11.2. The van der Waals surface area contributed by atoms with Crippen molar-refractivity contribution in [3.63, 3.8) is 0 Å². The van der Waals surface area contributed by atoms with Crippen LogP contribution in [-0.2, 0) is 11.3 Å². The summed E-state index contributed by atoms with van der Waals surface area (Å²) in [4.78, 5) is 19.3. The normalized spacial score (nSPS) is 22.7. The minimum absolute atomic E-state index is 0.161. The monoisotopic (exact) mass is 432 g/mol. The van der Waals surface area contributed by atoms with Gasteiger partial charge in [0.2, 0.25) is 0 Å². The number of imidazole rings is 1. The summed E-state index contributed by atoms with van der Waals surface area (Å²) in [6.45, 7) is 1.12. The molecule has 1 aliphatic heterocycles. The molecule has 7 nitrogen and oxygen atoms in total. The Hall–Kier alpha value is -3.32. The van der Waals surface area contributed by atoms with E-state index in [1.165, 1.54) is 0 Å². The van der Waals surface area contributed by atoms with Gasteiger partial charge in [0.25, 0.3) is 5.91 Å². The lowest BCUT2D eigenvalue weighted by Gasteiger charge is -2.37. The van der Waals surface area contributed by atoms with Crippen LogP contribution in [0.25, 0.3) is 5.69 Å². The van der Waals surface area contributed by atoms with Gasteiger partial charge in [-0.2, -0.15) is 0 Å². The lowest BCUT2D eigenvalue weighted by Crippen LogP contribution is -2.54. The van der Waals surface area contributed by atoms with E-state index in [1.54, 1.807) is 12.5 Å². The Balaban J connectivity index is 1.31. The number of benzene rings is 2. The highest BCUT2D eigenvalue weighted by Crippen LogP contribution is 2.34. The second-order valence-corrected chi connectivity index (χ2v) is 8.56. The Labute approximate surface area is 187 Å². The quantitative estimate of drug-likeness (QED) is 0.648. The van der Waals surface area contributed by atoms with Crippen LogP contribution in [0.2, 0.25) is 0 Å². The molecular formula is C25H28N4O3. The number of hydrogen-bond acceptors (Lipinski definition) is 5. The lowest BCUT2D eigenvalue weighted by atomic mass is 9.92. The smallest absolute Gasteiger partial charge is 0.263 e. The van der Waals surface area contributed by atoms with Gasteiger partial charge >= 0.3 is 0 Å².